The van der Waals surface area contributed by atoms with Crippen molar-refractivity contribution >= 4 is 22.6 Å². The van der Waals surface area contributed by atoms with Gasteiger partial charge in [0.2, 0.25) is 0 Å². The van der Waals surface area contributed by atoms with Gasteiger partial charge in [0.1, 0.15) is 5.82 Å². The van der Waals surface area contributed by atoms with Gasteiger partial charge in [-0.15, -0.1) is 11.6 Å². The number of aromatic nitrogens is 2. The molecule has 1 heterocycles. The average Bonchev–Trinajstić information content (AvgIpc) is 2.99. The summed E-state index contributed by atoms with van der Waals surface area (Å²) < 4.78 is 2.14. The van der Waals surface area contributed by atoms with Gasteiger partial charge in [-0.05, 0) is 43.8 Å². The molecule has 128 valence electrons. The molecule has 3 aromatic rings. The van der Waals surface area contributed by atoms with Crippen LogP contribution in [0.15, 0.2) is 48.5 Å². The number of nitrogens with zero attached hydrogens (tertiary/aromatic N) is 4. The van der Waals surface area contributed by atoms with E-state index < -0.39 is 0 Å². The minimum Gasteiger partial charge on any atom is -0.327 e. The standard InChI is InChI=1S/C20H21ClN4/c1-24(15-16-6-3-2-4-7-16)10-5-11-25-19-12-17(14-22)8-9-18(19)23-20(25)13-21/h2-4,6-9,12H,5,10-11,13,15H2,1H3. The number of nitriles is 1. The van der Waals surface area contributed by atoms with E-state index in [0.717, 1.165) is 42.9 Å². The zero-order valence-electron chi connectivity index (χ0n) is 14.3. The first kappa shape index (κ1) is 17.5. The van der Waals surface area contributed by atoms with E-state index in [1.807, 2.05) is 18.2 Å². The number of hydrogen-bond acceptors (Lipinski definition) is 3. The molecule has 0 unspecified atom stereocenters. The Kier molecular flexibility index (Phi) is 5.70. The van der Waals surface area contributed by atoms with Crippen molar-refractivity contribution in [1.29, 1.82) is 5.26 Å². The summed E-state index contributed by atoms with van der Waals surface area (Å²) in [6.45, 7) is 2.76. The van der Waals surface area contributed by atoms with Crippen molar-refractivity contribution in [3.05, 3.63) is 65.5 Å². The van der Waals surface area contributed by atoms with Crippen LogP contribution in [0.3, 0.4) is 0 Å². The molecule has 4 nitrogen and oxygen atoms in total. The average molecular weight is 353 g/mol. The third-order valence-corrected chi connectivity index (χ3v) is 4.53. The lowest BCUT2D eigenvalue weighted by atomic mass is 10.2. The highest BCUT2D eigenvalue weighted by Crippen LogP contribution is 2.20. The van der Waals surface area contributed by atoms with E-state index in [9.17, 15) is 0 Å². The molecule has 0 aliphatic rings. The second-order valence-corrected chi connectivity index (χ2v) is 6.47. The van der Waals surface area contributed by atoms with E-state index in [4.69, 9.17) is 16.9 Å². The number of hydrogen-bond donors (Lipinski definition) is 0. The van der Waals surface area contributed by atoms with E-state index in [-0.39, 0.29) is 0 Å². The first-order valence-electron chi connectivity index (χ1n) is 8.39. The van der Waals surface area contributed by atoms with E-state index in [1.54, 1.807) is 6.07 Å². The fourth-order valence-corrected chi connectivity index (χ4v) is 3.27. The maximum atomic E-state index is 9.13. The lowest BCUT2D eigenvalue weighted by molar-refractivity contribution is 0.314. The molecule has 2 aromatic carbocycles. The Bertz CT molecular complexity index is 880. The van der Waals surface area contributed by atoms with Crippen LogP contribution >= 0.6 is 11.6 Å². The zero-order chi connectivity index (χ0) is 17.6. The molecule has 0 amide bonds. The smallest absolute Gasteiger partial charge is 0.124 e. The quantitative estimate of drug-likeness (QED) is 0.599. The van der Waals surface area contributed by atoms with Gasteiger partial charge in [0.15, 0.2) is 0 Å². The van der Waals surface area contributed by atoms with Gasteiger partial charge in [-0.2, -0.15) is 5.26 Å². The molecule has 0 spiro atoms. The highest BCUT2D eigenvalue weighted by Gasteiger charge is 2.11. The third-order valence-electron chi connectivity index (χ3n) is 4.29. The Labute approximate surface area is 153 Å². The second kappa shape index (κ2) is 8.15. The monoisotopic (exact) mass is 352 g/mol. The highest BCUT2D eigenvalue weighted by molar-refractivity contribution is 6.16. The Morgan fingerprint density at radius 1 is 1.20 bits per heavy atom. The van der Waals surface area contributed by atoms with E-state index in [1.165, 1.54) is 5.56 Å². The molecule has 25 heavy (non-hydrogen) atoms. The molecule has 0 aliphatic carbocycles. The number of imidazole rings is 1. The normalized spacial score (nSPS) is 11.1. The third kappa shape index (κ3) is 4.19. The molecule has 0 atom stereocenters. The van der Waals surface area contributed by atoms with Gasteiger partial charge in [0.05, 0.1) is 28.5 Å². The first-order valence-corrected chi connectivity index (χ1v) is 8.92. The SMILES string of the molecule is CN(CCCn1c(CCl)nc2ccc(C#N)cc21)Cc1ccccc1. The van der Waals surface area contributed by atoms with Gasteiger partial charge in [-0.1, -0.05) is 30.3 Å². The Balaban J connectivity index is 1.67. The fraction of sp³-hybridized carbons (Fsp3) is 0.300. The van der Waals surface area contributed by atoms with Crippen molar-refractivity contribution in [2.45, 2.75) is 25.4 Å². The predicted molar refractivity (Wildman–Crippen MR) is 101 cm³/mol. The number of halogens is 1. The number of rotatable bonds is 7. The summed E-state index contributed by atoms with van der Waals surface area (Å²) in [6.07, 6.45) is 0.995. The van der Waals surface area contributed by atoms with Crippen LogP contribution < -0.4 is 0 Å². The van der Waals surface area contributed by atoms with Crippen LogP contribution in [-0.2, 0) is 19.0 Å². The summed E-state index contributed by atoms with van der Waals surface area (Å²) >= 11 is 6.07. The van der Waals surface area contributed by atoms with Crippen molar-refractivity contribution < 1.29 is 0 Å². The minimum atomic E-state index is 0.371. The fourth-order valence-electron chi connectivity index (χ4n) is 3.07. The van der Waals surface area contributed by atoms with Crippen LogP contribution in [0.1, 0.15) is 23.4 Å². The van der Waals surface area contributed by atoms with E-state index in [0.29, 0.717) is 11.4 Å². The molecule has 5 heteroatoms. The number of aryl methyl sites for hydroxylation is 1. The molecule has 0 aliphatic heterocycles. The Morgan fingerprint density at radius 2 is 2.00 bits per heavy atom. The van der Waals surface area contributed by atoms with Crippen molar-refractivity contribution in [2.24, 2.45) is 0 Å². The lowest BCUT2D eigenvalue weighted by Gasteiger charge is -2.17. The van der Waals surface area contributed by atoms with E-state index >= 15 is 0 Å². The summed E-state index contributed by atoms with van der Waals surface area (Å²) in [5, 5.41) is 9.13. The zero-order valence-corrected chi connectivity index (χ0v) is 15.1. The number of benzene rings is 2. The maximum Gasteiger partial charge on any atom is 0.124 e. The molecule has 0 N–H and O–H groups in total. The van der Waals surface area contributed by atoms with Gasteiger partial charge in [0.25, 0.3) is 0 Å². The number of alkyl halides is 1. The van der Waals surface area contributed by atoms with Gasteiger partial charge >= 0.3 is 0 Å². The molecule has 0 saturated heterocycles. The molecule has 0 bridgehead atoms. The number of fused-ring (bicyclic) bond motifs is 1. The van der Waals surface area contributed by atoms with Gasteiger partial charge in [-0.25, -0.2) is 4.98 Å². The molecule has 3 rings (SSSR count). The largest absolute Gasteiger partial charge is 0.327 e. The van der Waals surface area contributed by atoms with Crippen molar-refractivity contribution in [3.63, 3.8) is 0 Å². The van der Waals surface area contributed by atoms with Crippen LogP contribution in [0.2, 0.25) is 0 Å². The van der Waals surface area contributed by atoms with Crippen LogP contribution in [0.25, 0.3) is 11.0 Å². The molecule has 0 fully saturated rings. The summed E-state index contributed by atoms with van der Waals surface area (Å²) in [5.74, 6) is 1.23. The topological polar surface area (TPSA) is 44.9 Å². The molecular weight excluding hydrogens is 332 g/mol. The highest BCUT2D eigenvalue weighted by atomic mass is 35.5. The van der Waals surface area contributed by atoms with Gasteiger partial charge in [-0.3, -0.25) is 0 Å². The van der Waals surface area contributed by atoms with Crippen molar-refractivity contribution in [2.75, 3.05) is 13.6 Å². The van der Waals surface area contributed by atoms with Crippen LogP contribution in [-0.4, -0.2) is 28.0 Å². The van der Waals surface area contributed by atoms with Crippen LogP contribution in [0.4, 0.5) is 0 Å². The van der Waals surface area contributed by atoms with Crippen LogP contribution in [0.5, 0.6) is 0 Å². The molecular formula is C20H21ClN4. The molecule has 0 radical (unpaired) electrons. The lowest BCUT2D eigenvalue weighted by Crippen LogP contribution is -2.20. The maximum absolute atomic E-state index is 9.13. The van der Waals surface area contributed by atoms with Gasteiger partial charge in [0, 0.05) is 13.1 Å². The molecule has 1 aromatic heterocycles. The summed E-state index contributed by atoms with van der Waals surface area (Å²) in [4.78, 5) is 6.90. The summed E-state index contributed by atoms with van der Waals surface area (Å²) in [5.41, 5.74) is 3.85. The van der Waals surface area contributed by atoms with Gasteiger partial charge < -0.3 is 9.47 Å². The Hall–Kier alpha value is -2.35. The van der Waals surface area contributed by atoms with E-state index in [2.05, 4.69) is 51.8 Å². The molecule has 0 saturated carbocycles. The summed E-state index contributed by atoms with van der Waals surface area (Å²) in [7, 11) is 2.13. The predicted octanol–water partition coefficient (Wildman–Crippen LogP) is 4.17. The Morgan fingerprint density at radius 3 is 2.72 bits per heavy atom. The van der Waals surface area contributed by atoms with Crippen molar-refractivity contribution in [1.82, 2.24) is 14.5 Å². The second-order valence-electron chi connectivity index (χ2n) is 6.21. The van der Waals surface area contributed by atoms with Crippen molar-refractivity contribution in [3.8, 4) is 6.07 Å². The van der Waals surface area contributed by atoms with Crippen LogP contribution in [0, 0.1) is 11.3 Å². The summed E-state index contributed by atoms with van der Waals surface area (Å²) in [6, 6.07) is 18.2. The minimum absolute atomic E-state index is 0.371. The first-order chi connectivity index (χ1) is 12.2.